The van der Waals surface area contributed by atoms with Gasteiger partial charge in [0.15, 0.2) is 0 Å². The molecule has 8 heteroatoms. The molecule has 0 spiro atoms. The van der Waals surface area contributed by atoms with Gasteiger partial charge in [0.2, 0.25) is 10.0 Å². The number of nitrogens with zero attached hydrogens (tertiary/aromatic N) is 2. The van der Waals surface area contributed by atoms with E-state index in [9.17, 15) is 18.3 Å². The number of aryl methyl sites for hydroxylation is 1. The SMILES string of the molecule is Cc1onc(-c2ccccc2)c1-c1ccc(S(=O)(=O)N2CCC[C@@]2(C)C(=O)O)cc1. The van der Waals surface area contributed by atoms with Crippen LogP contribution in [0.25, 0.3) is 22.4 Å². The number of hydrogen-bond donors (Lipinski definition) is 1. The molecule has 1 aromatic heterocycles. The maximum atomic E-state index is 13.1. The minimum atomic E-state index is -3.94. The summed E-state index contributed by atoms with van der Waals surface area (Å²) in [6.45, 7) is 3.46. The van der Waals surface area contributed by atoms with Crippen LogP contribution in [0.1, 0.15) is 25.5 Å². The average Bonchev–Trinajstić information content (AvgIpc) is 3.33. The highest BCUT2D eigenvalue weighted by Crippen LogP contribution is 2.37. The van der Waals surface area contributed by atoms with Crippen molar-refractivity contribution in [3.05, 3.63) is 60.4 Å². The van der Waals surface area contributed by atoms with E-state index in [1.807, 2.05) is 37.3 Å². The van der Waals surface area contributed by atoms with Gasteiger partial charge in [-0.2, -0.15) is 4.31 Å². The molecule has 0 amide bonds. The van der Waals surface area contributed by atoms with Crippen LogP contribution in [0.5, 0.6) is 0 Å². The van der Waals surface area contributed by atoms with Crippen molar-refractivity contribution in [2.24, 2.45) is 0 Å². The smallest absolute Gasteiger partial charge is 0.324 e. The van der Waals surface area contributed by atoms with Crippen molar-refractivity contribution >= 4 is 16.0 Å². The molecule has 1 saturated heterocycles. The molecular formula is C22H22N2O5S. The predicted octanol–water partition coefficient (Wildman–Crippen LogP) is 3.94. The molecule has 0 aliphatic carbocycles. The van der Waals surface area contributed by atoms with Gasteiger partial charge in [0.05, 0.1) is 10.5 Å². The number of carbonyl (C=O) groups is 1. The van der Waals surface area contributed by atoms with E-state index in [1.54, 1.807) is 12.1 Å². The van der Waals surface area contributed by atoms with Gasteiger partial charge in [-0.3, -0.25) is 4.79 Å². The van der Waals surface area contributed by atoms with Gasteiger partial charge in [0, 0.05) is 12.1 Å². The number of carboxylic acids is 1. The van der Waals surface area contributed by atoms with Crippen LogP contribution in [0.2, 0.25) is 0 Å². The molecular weight excluding hydrogens is 404 g/mol. The van der Waals surface area contributed by atoms with Crippen LogP contribution >= 0.6 is 0 Å². The summed E-state index contributed by atoms with van der Waals surface area (Å²) in [7, 11) is -3.94. The summed E-state index contributed by atoms with van der Waals surface area (Å²) in [5, 5.41) is 13.7. The highest BCUT2D eigenvalue weighted by Gasteiger charge is 2.49. The number of hydrogen-bond acceptors (Lipinski definition) is 5. The average molecular weight is 426 g/mol. The zero-order valence-electron chi connectivity index (χ0n) is 16.7. The van der Waals surface area contributed by atoms with Crippen LogP contribution in [0, 0.1) is 6.92 Å². The molecule has 0 radical (unpaired) electrons. The van der Waals surface area contributed by atoms with Crippen LogP contribution in [0.4, 0.5) is 0 Å². The molecule has 0 unspecified atom stereocenters. The Morgan fingerprint density at radius 1 is 1.10 bits per heavy atom. The highest BCUT2D eigenvalue weighted by molar-refractivity contribution is 7.89. The van der Waals surface area contributed by atoms with Gasteiger partial charge in [0.1, 0.15) is 17.0 Å². The second-order valence-electron chi connectivity index (χ2n) is 7.61. The Morgan fingerprint density at radius 3 is 2.40 bits per heavy atom. The molecule has 2 aromatic carbocycles. The predicted molar refractivity (Wildman–Crippen MR) is 111 cm³/mol. The first-order chi connectivity index (χ1) is 14.2. The molecule has 156 valence electrons. The fourth-order valence-corrected chi connectivity index (χ4v) is 5.77. The third kappa shape index (κ3) is 3.22. The van der Waals surface area contributed by atoms with E-state index < -0.39 is 21.5 Å². The summed E-state index contributed by atoms with van der Waals surface area (Å²) in [5.41, 5.74) is 1.72. The lowest BCUT2D eigenvalue weighted by Gasteiger charge is -2.30. The lowest BCUT2D eigenvalue weighted by Crippen LogP contribution is -2.50. The summed E-state index contributed by atoms with van der Waals surface area (Å²) >= 11 is 0. The first-order valence-corrected chi connectivity index (χ1v) is 11.1. The van der Waals surface area contributed by atoms with E-state index in [2.05, 4.69) is 5.16 Å². The van der Waals surface area contributed by atoms with Crippen molar-refractivity contribution in [3.63, 3.8) is 0 Å². The molecule has 0 bridgehead atoms. The zero-order chi connectivity index (χ0) is 21.5. The minimum Gasteiger partial charge on any atom is -0.480 e. The lowest BCUT2D eigenvalue weighted by atomic mass is 10.00. The van der Waals surface area contributed by atoms with Crippen LogP contribution in [-0.4, -0.2) is 41.0 Å². The normalized spacial score (nSPS) is 19.8. The molecule has 2 heterocycles. The van der Waals surface area contributed by atoms with E-state index in [1.165, 1.54) is 19.1 Å². The van der Waals surface area contributed by atoms with Crippen LogP contribution in [-0.2, 0) is 14.8 Å². The highest BCUT2D eigenvalue weighted by atomic mass is 32.2. The molecule has 1 fully saturated rings. The molecule has 0 saturated carbocycles. The van der Waals surface area contributed by atoms with Crippen LogP contribution < -0.4 is 0 Å². The molecule has 1 aliphatic rings. The molecule has 3 aromatic rings. The van der Waals surface area contributed by atoms with Crippen molar-refractivity contribution in [2.45, 2.75) is 37.1 Å². The molecule has 1 aliphatic heterocycles. The molecule has 7 nitrogen and oxygen atoms in total. The number of rotatable bonds is 5. The third-order valence-electron chi connectivity index (χ3n) is 5.68. The van der Waals surface area contributed by atoms with Gasteiger partial charge in [-0.1, -0.05) is 47.6 Å². The second kappa shape index (κ2) is 7.37. The Balaban J connectivity index is 1.71. The van der Waals surface area contributed by atoms with Crippen LogP contribution in [0.15, 0.2) is 64.0 Å². The van der Waals surface area contributed by atoms with E-state index in [0.29, 0.717) is 24.3 Å². The van der Waals surface area contributed by atoms with Gasteiger partial charge in [-0.25, -0.2) is 8.42 Å². The maximum absolute atomic E-state index is 13.1. The fraction of sp³-hybridized carbons (Fsp3) is 0.273. The van der Waals surface area contributed by atoms with Crippen molar-refractivity contribution in [2.75, 3.05) is 6.54 Å². The van der Waals surface area contributed by atoms with Gasteiger partial charge in [-0.05, 0) is 44.4 Å². The molecule has 4 rings (SSSR count). The first kappa shape index (κ1) is 20.3. The fourth-order valence-electron chi connectivity index (χ4n) is 3.96. The second-order valence-corrected chi connectivity index (χ2v) is 9.47. The largest absolute Gasteiger partial charge is 0.480 e. The Labute approximate surface area is 175 Å². The number of sulfonamides is 1. The summed E-state index contributed by atoms with van der Waals surface area (Å²) in [6, 6.07) is 16.0. The summed E-state index contributed by atoms with van der Waals surface area (Å²) in [5.74, 6) is -0.504. The number of aliphatic carboxylic acids is 1. The number of aromatic nitrogens is 1. The van der Waals surface area contributed by atoms with Crippen molar-refractivity contribution < 1.29 is 22.8 Å². The monoisotopic (exact) mass is 426 g/mol. The van der Waals surface area contributed by atoms with Gasteiger partial charge in [-0.15, -0.1) is 0 Å². The van der Waals surface area contributed by atoms with Crippen LogP contribution in [0.3, 0.4) is 0 Å². The minimum absolute atomic E-state index is 0.0657. The van der Waals surface area contributed by atoms with Gasteiger partial charge >= 0.3 is 5.97 Å². The van der Waals surface area contributed by atoms with Gasteiger partial charge < -0.3 is 9.63 Å². The summed E-state index contributed by atoms with van der Waals surface area (Å²) < 4.78 is 32.8. The Hall–Kier alpha value is -2.97. The molecule has 1 atom stereocenters. The van der Waals surface area contributed by atoms with E-state index in [0.717, 1.165) is 21.0 Å². The summed E-state index contributed by atoms with van der Waals surface area (Å²) in [4.78, 5) is 11.8. The van der Waals surface area contributed by atoms with E-state index >= 15 is 0 Å². The first-order valence-electron chi connectivity index (χ1n) is 9.63. The van der Waals surface area contributed by atoms with Crippen molar-refractivity contribution in [1.82, 2.24) is 9.46 Å². The number of benzene rings is 2. The quantitative estimate of drug-likeness (QED) is 0.663. The summed E-state index contributed by atoms with van der Waals surface area (Å²) in [6.07, 6.45) is 0.806. The molecule has 30 heavy (non-hydrogen) atoms. The number of carboxylic acid groups (broad SMARTS) is 1. The molecule has 1 N–H and O–H groups in total. The zero-order valence-corrected chi connectivity index (χ0v) is 17.5. The van der Waals surface area contributed by atoms with Crippen molar-refractivity contribution in [3.8, 4) is 22.4 Å². The van der Waals surface area contributed by atoms with Gasteiger partial charge in [0.25, 0.3) is 0 Å². The third-order valence-corrected chi connectivity index (χ3v) is 7.71. The van der Waals surface area contributed by atoms with Crippen molar-refractivity contribution in [1.29, 1.82) is 0 Å². The Kier molecular flexibility index (Phi) is 4.99. The standard InChI is InChI=1S/C22H22N2O5S/c1-15-19(20(23-29-15)17-7-4-3-5-8-17)16-9-11-18(12-10-16)30(27,28)24-14-6-13-22(24,2)21(25)26/h3-5,7-12H,6,13-14H2,1-2H3,(H,25,26)/t22-/m0/s1. The lowest BCUT2D eigenvalue weighted by molar-refractivity contribution is -0.146. The Morgan fingerprint density at radius 2 is 1.77 bits per heavy atom. The van der Waals surface area contributed by atoms with E-state index in [4.69, 9.17) is 4.52 Å². The maximum Gasteiger partial charge on any atom is 0.324 e. The van der Waals surface area contributed by atoms with E-state index in [-0.39, 0.29) is 11.4 Å². The Bertz CT molecular complexity index is 1190. The topological polar surface area (TPSA) is 101 Å².